The van der Waals surface area contributed by atoms with Crippen molar-refractivity contribution in [2.24, 2.45) is 16.7 Å². The number of rotatable bonds is 6. The van der Waals surface area contributed by atoms with Crippen molar-refractivity contribution in [1.29, 1.82) is 0 Å². The Kier molecular flexibility index (Phi) is 5.06. The smallest absolute Gasteiger partial charge is 0.124 e. The van der Waals surface area contributed by atoms with Gasteiger partial charge >= 0.3 is 0 Å². The first-order valence-electron chi connectivity index (χ1n) is 11.5. The molecule has 6 rings (SSSR count). The SMILES string of the molecule is Cc1ccc(COc2ccc(Br)cc2CNC23CC4C[C@@](C)(C2)C[C@](C)(C4)C3)cc1. The van der Waals surface area contributed by atoms with Gasteiger partial charge in [-0.2, -0.15) is 0 Å². The average Bonchev–Trinajstić information content (AvgIpc) is 2.64. The van der Waals surface area contributed by atoms with E-state index in [0.29, 0.717) is 23.0 Å². The number of halogens is 1. The van der Waals surface area contributed by atoms with E-state index in [1.165, 1.54) is 55.2 Å². The number of aryl methyl sites for hydroxylation is 1. The van der Waals surface area contributed by atoms with E-state index in [-0.39, 0.29) is 0 Å². The van der Waals surface area contributed by atoms with Crippen LogP contribution in [0.1, 0.15) is 69.1 Å². The van der Waals surface area contributed by atoms with E-state index in [1.54, 1.807) is 0 Å². The van der Waals surface area contributed by atoms with Gasteiger partial charge in [0.05, 0.1) is 0 Å². The quantitative estimate of drug-likeness (QED) is 0.485. The highest BCUT2D eigenvalue weighted by atomic mass is 79.9. The van der Waals surface area contributed by atoms with Gasteiger partial charge in [0.15, 0.2) is 0 Å². The Morgan fingerprint density at radius 2 is 1.67 bits per heavy atom. The summed E-state index contributed by atoms with van der Waals surface area (Å²) in [4.78, 5) is 0. The predicted molar refractivity (Wildman–Crippen MR) is 127 cm³/mol. The second-order valence-corrected chi connectivity index (χ2v) is 12.2. The van der Waals surface area contributed by atoms with Crippen LogP contribution in [0, 0.1) is 23.7 Å². The van der Waals surface area contributed by atoms with Gasteiger partial charge in [0, 0.05) is 22.1 Å². The summed E-state index contributed by atoms with van der Waals surface area (Å²) in [6.07, 6.45) is 8.31. The molecule has 4 aliphatic carbocycles. The Morgan fingerprint density at radius 1 is 0.967 bits per heavy atom. The molecule has 0 heterocycles. The number of hydrogen-bond acceptors (Lipinski definition) is 2. The summed E-state index contributed by atoms with van der Waals surface area (Å²) in [5.74, 6) is 1.90. The predicted octanol–water partition coefficient (Wildman–Crippen LogP) is 7.18. The summed E-state index contributed by atoms with van der Waals surface area (Å²) in [6, 6.07) is 15.0. The van der Waals surface area contributed by atoms with Crippen LogP contribution in [-0.2, 0) is 13.2 Å². The molecule has 2 nitrogen and oxygen atoms in total. The molecule has 0 aromatic heterocycles. The Hall–Kier alpha value is -1.32. The molecule has 3 heteroatoms. The van der Waals surface area contributed by atoms with Crippen LogP contribution < -0.4 is 10.1 Å². The third kappa shape index (κ3) is 4.08. The van der Waals surface area contributed by atoms with Crippen LogP contribution in [0.3, 0.4) is 0 Å². The van der Waals surface area contributed by atoms with E-state index in [4.69, 9.17) is 4.74 Å². The van der Waals surface area contributed by atoms with Gasteiger partial charge in [0.1, 0.15) is 12.4 Å². The lowest BCUT2D eigenvalue weighted by molar-refractivity contribution is -0.118. The second kappa shape index (κ2) is 7.38. The number of hydrogen-bond donors (Lipinski definition) is 1. The molecule has 0 spiro atoms. The van der Waals surface area contributed by atoms with Crippen LogP contribution in [0.5, 0.6) is 5.75 Å². The minimum absolute atomic E-state index is 0.305. The Balaban J connectivity index is 1.31. The lowest BCUT2D eigenvalue weighted by atomic mass is 9.43. The maximum Gasteiger partial charge on any atom is 0.124 e. The van der Waals surface area contributed by atoms with E-state index in [2.05, 4.69) is 84.5 Å². The fourth-order valence-electron chi connectivity index (χ4n) is 7.60. The molecule has 4 aliphatic rings. The molecule has 4 saturated carbocycles. The molecule has 2 aromatic rings. The fourth-order valence-corrected chi connectivity index (χ4v) is 8.01. The highest BCUT2D eigenvalue weighted by Gasteiger charge is 2.59. The van der Waals surface area contributed by atoms with Crippen molar-refractivity contribution in [3.63, 3.8) is 0 Å². The summed E-state index contributed by atoms with van der Waals surface area (Å²) >= 11 is 3.67. The maximum absolute atomic E-state index is 6.27. The molecule has 1 N–H and O–H groups in total. The van der Waals surface area contributed by atoms with Crippen molar-refractivity contribution >= 4 is 15.9 Å². The summed E-state index contributed by atoms with van der Waals surface area (Å²) in [7, 11) is 0. The van der Waals surface area contributed by atoms with Crippen LogP contribution >= 0.6 is 15.9 Å². The molecular formula is C27H34BrNO. The van der Waals surface area contributed by atoms with Crippen molar-refractivity contribution in [3.05, 3.63) is 63.6 Å². The molecule has 30 heavy (non-hydrogen) atoms. The van der Waals surface area contributed by atoms with E-state index in [0.717, 1.165) is 22.7 Å². The van der Waals surface area contributed by atoms with Gasteiger partial charge in [-0.25, -0.2) is 0 Å². The molecule has 0 amide bonds. The minimum Gasteiger partial charge on any atom is -0.489 e. The molecule has 4 bridgehead atoms. The van der Waals surface area contributed by atoms with Crippen molar-refractivity contribution in [2.75, 3.05) is 0 Å². The minimum atomic E-state index is 0.305. The van der Waals surface area contributed by atoms with E-state index < -0.39 is 0 Å². The molecule has 4 fully saturated rings. The van der Waals surface area contributed by atoms with Crippen LogP contribution in [0.15, 0.2) is 46.9 Å². The van der Waals surface area contributed by atoms with Gasteiger partial charge in [-0.1, -0.05) is 59.6 Å². The van der Waals surface area contributed by atoms with Crippen molar-refractivity contribution in [2.45, 2.75) is 78.0 Å². The molecule has 2 aromatic carbocycles. The first-order valence-corrected chi connectivity index (χ1v) is 12.3. The van der Waals surface area contributed by atoms with Crippen molar-refractivity contribution in [1.82, 2.24) is 5.32 Å². The van der Waals surface area contributed by atoms with Gasteiger partial charge in [0.2, 0.25) is 0 Å². The Bertz CT molecular complexity index is 918. The van der Waals surface area contributed by atoms with Crippen LogP contribution in [0.25, 0.3) is 0 Å². The van der Waals surface area contributed by atoms with Gasteiger partial charge in [-0.05, 0) is 86.0 Å². The molecular weight excluding hydrogens is 434 g/mol. The number of benzene rings is 2. The summed E-state index contributed by atoms with van der Waals surface area (Å²) in [5, 5.41) is 4.07. The second-order valence-electron chi connectivity index (χ2n) is 11.3. The molecule has 4 atom stereocenters. The average molecular weight is 468 g/mol. The summed E-state index contributed by atoms with van der Waals surface area (Å²) in [6.45, 7) is 8.69. The zero-order valence-electron chi connectivity index (χ0n) is 18.6. The molecule has 160 valence electrons. The third-order valence-corrected chi connectivity index (χ3v) is 8.31. The normalized spacial score (nSPS) is 34.3. The lowest BCUT2D eigenvalue weighted by Crippen LogP contribution is -2.63. The molecule has 0 radical (unpaired) electrons. The number of ether oxygens (including phenoxy) is 1. The number of nitrogens with one attached hydrogen (secondary N) is 1. The zero-order chi connectivity index (χ0) is 21.0. The van der Waals surface area contributed by atoms with Gasteiger partial charge in [-0.3, -0.25) is 0 Å². The van der Waals surface area contributed by atoms with Crippen LogP contribution in [0.4, 0.5) is 0 Å². The maximum atomic E-state index is 6.27. The fraction of sp³-hybridized carbons (Fsp3) is 0.556. The monoisotopic (exact) mass is 467 g/mol. The molecule has 0 saturated heterocycles. The Labute approximate surface area is 189 Å². The van der Waals surface area contributed by atoms with E-state index in [9.17, 15) is 0 Å². The largest absolute Gasteiger partial charge is 0.489 e. The van der Waals surface area contributed by atoms with Gasteiger partial charge < -0.3 is 10.1 Å². The first-order chi connectivity index (χ1) is 14.2. The van der Waals surface area contributed by atoms with Crippen LogP contribution in [0.2, 0.25) is 0 Å². The highest BCUT2D eigenvalue weighted by Crippen LogP contribution is 2.66. The molecule has 2 unspecified atom stereocenters. The van der Waals surface area contributed by atoms with E-state index >= 15 is 0 Å². The first kappa shape index (κ1) is 20.6. The van der Waals surface area contributed by atoms with Gasteiger partial charge in [-0.15, -0.1) is 0 Å². The van der Waals surface area contributed by atoms with Gasteiger partial charge in [0.25, 0.3) is 0 Å². The topological polar surface area (TPSA) is 21.3 Å². The standard InChI is InChI=1S/C27H34BrNO/c1-19-4-6-20(7-5-19)15-30-24-9-8-23(28)10-22(24)14-29-27-13-21-11-25(2,17-27)16-26(3,12-21)18-27/h4-10,21,29H,11-18H2,1-3H3/t21?,25-,26+,27?. The molecule has 0 aliphatic heterocycles. The highest BCUT2D eigenvalue weighted by molar-refractivity contribution is 9.10. The summed E-state index contributed by atoms with van der Waals surface area (Å²) < 4.78 is 7.39. The third-order valence-electron chi connectivity index (χ3n) is 7.82. The van der Waals surface area contributed by atoms with Crippen molar-refractivity contribution in [3.8, 4) is 5.75 Å². The van der Waals surface area contributed by atoms with E-state index in [1.807, 2.05) is 0 Å². The summed E-state index contributed by atoms with van der Waals surface area (Å²) in [5.41, 5.74) is 5.11. The zero-order valence-corrected chi connectivity index (χ0v) is 20.1. The lowest BCUT2D eigenvalue weighted by Gasteiger charge is -2.65. The Morgan fingerprint density at radius 3 is 2.33 bits per heavy atom. The van der Waals surface area contributed by atoms with Crippen molar-refractivity contribution < 1.29 is 4.74 Å². The van der Waals surface area contributed by atoms with Crippen LogP contribution in [-0.4, -0.2) is 5.54 Å².